The molecule has 142 valence electrons. The van der Waals surface area contributed by atoms with E-state index in [2.05, 4.69) is 15.3 Å². The lowest BCUT2D eigenvalue weighted by atomic mass is 10.2. The minimum absolute atomic E-state index is 0.151. The lowest BCUT2D eigenvalue weighted by Gasteiger charge is -2.05. The summed E-state index contributed by atoms with van der Waals surface area (Å²) in [6.07, 6.45) is 0.638. The number of para-hydroxylation sites is 2. The quantitative estimate of drug-likeness (QED) is 0.554. The molecule has 28 heavy (non-hydrogen) atoms. The van der Waals surface area contributed by atoms with Gasteiger partial charge in [0, 0.05) is 25.6 Å². The van der Waals surface area contributed by atoms with Crippen LogP contribution in [-0.4, -0.2) is 27.0 Å². The monoisotopic (exact) mass is 394 g/mol. The number of aromatic nitrogens is 3. The standard InChI is InChI=1S/C21H19FN4OS/c1-13-19(28-21(24-13)14-7-9-15(22)10-8-14)20(27)23-12-11-18-25-16-5-3-4-6-17(16)26(18)2/h3-10H,11-12H2,1-2H3,(H,23,27). The van der Waals surface area contributed by atoms with E-state index < -0.39 is 0 Å². The van der Waals surface area contributed by atoms with Crippen molar-refractivity contribution < 1.29 is 9.18 Å². The number of hydrogen-bond donors (Lipinski definition) is 1. The van der Waals surface area contributed by atoms with Gasteiger partial charge in [0.25, 0.3) is 5.91 Å². The number of aryl methyl sites for hydroxylation is 2. The summed E-state index contributed by atoms with van der Waals surface area (Å²) in [7, 11) is 1.98. The number of carbonyl (C=O) groups excluding carboxylic acids is 1. The van der Waals surface area contributed by atoms with Crippen LogP contribution in [-0.2, 0) is 13.5 Å². The largest absolute Gasteiger partial charge is 0.351 e. The molecule has 1 amide bonds. The third-order valence-corrected chi connectivity index (χ3v) is 5.81. The molecule has 0 aliphatic rings. The molecule has 0 atom stereocenters. The van der Waals surface area contributed by atoms with Gasteiger partial charge in [-0.3, -0.25) is 4.79 Å². The second-order valence-electron chi connectivity index (χ2n) is 6.52. The van der Waals surface area contributed by atoms with Crippen LogP contribution in [0, 0.1) is 12.7 Å². The highest BCUT2D eigenvalue weighted by molar-refractivity contribution is 7.17. The van der Waals surface area contributed by atoms with Crippen molar-refractivity contribution in [2.45, 2.75) is 13.3 Å². The minimum atomic E-state index is -0.294. The van der Waals surface area contributed by atoms with Crippen molar-refractivity contribution in [1.82, 2.24) is 19.9 Å². The molecule has 0 aliphatic carbocycles. The number of imidazole rings is 1. The van der Waals surface area contributed by atoms with Crippen LogP contribution in [0.2, 0.25) is 0 Å². The number of amides is 1. The van der Waals surface area contributed by atoms with E-state index in [9.17, 15) is 9.18 Å². The Morgan fingerprint density at radius 2 is 1.89 bits per heavy atom. The fourth-order valence-electron chi connectivity index (χ4n) is 3.11. The Kier molecular flexibility index (Phi) is 4.92. The molecule has 7 heteroatoms. The van der Waals surface area contributed by atoms with Crippen LogP contribution in [0.15, 0.2) is 48.5 Å². The molecule has 0 unspecified atom stereocenters. The number of benzene rings is 2. The summed E-state index contributed by atoms with van der Waals surface area (Å²) >= 11 is 1.31. The van der Waals surface area contributed by atoms with Gasteiger partial charge in [0.2, 0.25) is 0 Å². The molecule has 1 N–H and O–H groups in total. The zero-order valence-corrected chi connectivity index (χ0v) is 16.4. The van der Waals surface area contributed by atoms with Gasteiger partial charge in [-0.05, 0) is 43.3 Å². The highest BCUT2D eigenvalue weighted by atomic mass is 32.1. The first kappa shape index (κ1) is 18.3. The summed E-state index contributed by atoms with van der Waals surface area (Å²) in [5.74, 6) is 0.480. The van der Waals surface area contributed by atoms with Crippen LogP contribution in [0.3, 0.4) is 0 Å². The van der Waals surface area contributed by atoms with Crippen molar-refractivity contribution >= 4 is 28.3 Å². The summed E-state index contributed by atoms with van der Waals surface area (Å²) in [5.41, 5.74) is 3.50. The van der Waals surface area contributed by atoms with E-state index in [1.165, 1.54) is 23.5 Å². The smallest absolute Gasteiger partial charge is 0.263 e. The average molecular weight is 394 g/mol. The number of fused-ring (bicyclic) bond motifs is 1. The molecule has 4 rings (SSSR count). The number of thiazole rings is 1. The van der Waals surface area contributed by atoms with Gasteiger partial charge in [0.1, 0.15) is 21.5 Å². The molecule has 0 aliphatic heterocycles. The molecule has 2 aromatic carbocycles. The number of nitrogens with one attached hydrogen (secondary N) is 1. The molecule has 0 spiro atoms. The molecule has 0 saturated carbocycles. The summed E-state index contributed by atoms with van der Waals surface area (Å²) < 4.78 is 15.2. The van der Waals surface area contributed by atoms with Gasteiger partial charge in [-0.2, -0.15) is 0 Å². The van der Waals surface area contributed by atoms with E-state index in [4.69, 9.17) is 0 Å². The Morgan fingerprint density at radius 1 is 1.14 bits per heavy atom. The first-order chi connectivity index (χ1) is 13.5. The predicted molar refractivity (Wildman–Crippen MR) is 109 cm³/mol. The van der Waals surface area contributed by atoms with Crippen LogP contribution in [0.25, 0.3) is 21.6 Å². The molecule has 2 aromatic heterocycles. The second kappa shape index (κ2) is 7.52. The Balaban J connectivity index is 1.44. The zero-order valence-electron chi connectivity index (χ0n) is 15.6. The fraction of sp³-hybridized carbons (Fsp3) is 0.190. The Labute approximate surface area is 165 Å². The van der Waals surface area contributed by atoms with Crippen molar-refractivity contribution in [2.75, 3.05) is 6.54 Å². The molecule has 0 fully saturated rings. The Bertz CT molecular complexity index is 1150. The van der Waals surface area contributed by atoms with Gasteiger partial charge < -0.3 is 9.88 Å². The highest BCUT2D eigenvalue weighted by Crippen LogP contribution is 2.28. The maximum Gasteiger partial charge on any atom is 0.263 e. The van der Waals surface area contributed by atoms with Gasteiger partial charge in [-0.25, -0.2) is 14.4 Å². The maximum absolute atomic E-state index is 13.1. The topological polar surface area (TPSA) is 59.8 Å². The number of carbonyl (C=O) groups is 1. The summed E-state index contributed by atoms with van der Waals surface area (Å²) in [6, 6.07) is 14.1. The van der Waals surface area contributed by atoms with Gasteiger partial charge >= 0.3 is 0 Å². The van der Waals surface area contributed by atoms with Gasteiger partial charge in [0.05, 0.1) is 16.7 Å². The summed E-state index contributed by atoms with van der Waals surface area (Å²) in [5, 5.41) is 3.66. The Morgan fingerprint density at radius 3 is 2.64 bits per heavy atom. The number of rotatable bonds is 5. The minimum Gasteiger partial charge on any atom is -0.351 e. The Hall–Kier alpha value is -3.06. The predicted octanol–water partition coefficient (Wildman–Crippen LogP) is 4.12. The lowest BCUT2D eigenvalue weighted by Crippen LogP contribution is -2.26. The van der Waals surface area contributed by atoms with Crippen LogP contribution in [0.5, 0.6) is 0 Å². The number of halogens is 1. The molecular formula is C21H19FN4OS. The third-order valence-electron chi connectivity index (χ3n) is 4.61. The van der Waals surface area contributed by atoms with Crippen molar-refractivity contribution in [3.05, 3.63) is 70.7 Å². The van der Waals surface area contributed by atoms with Gasteiger partial charge in [-0.15, -0.1) is 11.3 Å². The van der Waals surface area contributed by atoms with Crippen LogP contribution in [0.4, 0.5) is 4.39 Å². The number of hydrogen-bond acceptors (Lipinski definition) is 4. The van der Waals surface area contributed by atoms with Crippen LogP contribution in [0.1, 0.15) is 21.2 Å². The molecule has 2 heterocycles. The van der Waals surface area contributed by atoms with E-state index in [-0.39, 0.29) is 11.7 Å². The molecular weight excluding hydrogens is 375 g/mol. The molecule has 0 bridgehead atoms. The molecule has 4 aromatic rings. The van der Waals surface area contributed by atoms with Crippen molar-refractivity contribution in [2.24, 2.45) is 7.05 Å². The van der Waals surface area contributed by atoms with Crippen molar-refractivity contribution in [1.29, 1.82) is 0 Å². The SMILES string of the molecule is Cc1nc(-c2ccc(F)cc2)sc1C(=O)NCCc1nc2ccccc2n1C. The summed E-state index contributed by atoms with van der Waals surface area (Å²) in [4.78, 5) is 22.2. The van der Waals surface area contributed by atoms with E-state index in [0.29, 0.717) is 28.5 Å². The molecule has 0 radical (unpaired) electrons. The third kappa shape index (κ3) is 3.53. The van der Waals surface area contributed by atoms with E-state index in [1.807, 2.05) is 42.8 Å². The second-order valence-corrected chi connectivity index (χ2v) is 7.52. The van der Waals surface area contributed by atoms with Crippen LogP contribution >= 0.6 is 11.3 Å². The van der Waals surface area contributed by atoms with E-state index in [0.717, 1.165) is 22.4 Å². The highest BCUT2D eigenvalue weighted by Gasteiger charge is 2.16. The molecule has 5 nitrogen and oxygen atoms in total. The normalized spacial score (nSPS) is 11.1. The summed E-state index contributed by atoms with van der Waals surface area (Å²) in [6.45, 7) is 2.29. The average Bonchev–Trinajstić information content (AvgIpc) is 3.23. The first-order valence-electron chi connectivity index (χ1n) is 8.95. The van der Waals surface area contributed by atoms with Crippen molar-refractivity contribution in [3.8, 4) is 10.6 Å². The van der Waals surface area contributed by atoms with E-state index in [1.54, 1.807) is 12.1 Å². The first-order valence-corrected chi connectivity index (χ1v) is 9.76. The van der Waals surface area contributed by atoms with Gasteiger partial charge in [-0.1, -0.05) is 12.1 Å². The lowest BCUT2D eigenvalue weighted by molar-refractivity contribution is 0.0957. The number of nitrogens with zero attached hydrogens (tertiary/aromatic N) is 3. The van der Waals surface area contributed by atoms with Crippen LogP contribution < -0.4 is 5.32 Å². The van der Waals surface area contributed by atoms with Crippen molar-refractivity contribution in [3.63, 3.8) is 0 Å². The van der Waals surface area contributed by atoms with Gasteiger partial charge in [0.15, 0.2) is 0 Å². The molecule has 0 saturated heterocycles. The zero-order chi connectivity index (χ0) is 19.7. The van der Waals surface area contributed by atoms with E-state index >= 15 is 0 Å². The maximum atomic E-state index is 13.1. The fourth-order valence-corrected chi connectivity index (χ4v) is 4.10.